The van der Waals surface area contributed by atoms with Crippen molar-refractivity contribution in [3.8, 4) is 11.5 Å². The molecule has 0 aliphatic carbocycles. The monoisotopic (exact) mass is 418 g/mol. The summed E-state index contributed by atoms with van der Waals surface area (Å²) in [4.78, 5) is 22.8. The van der Waals surface area contributed by atoms with Crippen LogP contribution in [0.4, 0.5) is 20.2 Å². The van der Waals surface area contributed by atoms with Gasteiger partial charge in [-0.05, 0) is 42.8 Å². The Morgan fingerprint density at radius 3 is 2.67 bits per heavy atom. The molecule has 3 rings (SSSR count). The molecule has 0 bridgehead atoms. The summed E-state index contributed by atoms with van der Waals surface area (Å²) in [5.41, 5.74) is 0.532. The molecule has 1 amide bonds. The van der Waals surface area contributed by atoms with Crippen molar-refractivity contribution in [2.45, 2.75) is 20.1 Å². The van der Waals surface area contributed by atoms with E-state index in [1.807, 2.05) is 0 Å². The number of nitrogens with zero attached hydrogens (tertiary/aromatic N) is 1. The van der Waals surface area contributed by atoms with Gasteiger partial charge in [-0.2, -0.15) is 8.78 Å². The Morgan fingerprint density at radius 1 is 1.17 bits per heavy atom. The van der Waals surface area contributed by atoms with Gasteiger partial charge in [-0.1, -0.05) is 18.2 Å². The van der Waals surface area contributed by atoms with Crippen LogP contribution in [0.3, 0.4) is 0 Å². The molecule has 156 valence electrons. The molecule has 0 spiro atoms. The lowest BCUT2D eigenvalue weighted by Crippen LogP contribution is -2.13. The second-order valence-electron chi connectivity index (χ2n) is 6.11. The second kappa shape index (κ2) is 9.03. The first-order valence-electron chi connectivity index (χ1n) is 8.65. The number of furan rings is 1. The fraction of sp³-hybridized carbons (Fsp3) is 0.150. The Bertz CT molecular complexity index is 1070. The first-order chi connectivity index (χ1) is 14.3. The van der Waals surface area contributed by atoms with Gasteiger partial charge in [-0.3, -0.25) is 14.9 Å². The number of amides is 1. The summed E-state index contributed by atoms with van der Waals surface area (Å²) in [6.07, 6.45) is 0. The van der Waals surface area contributed by atoms with Gasteiger partial charge in [0.15, 0.2) is 11.5 Å². The number of hydrogen-bond donors (Lipinski definition) is 1. The summed E-state index contributed by atoms with van der Waals surface area (Å²) in [7, 11) is 0. The van der Waals surface area contributed by atoms with Crippen molar-refractivity contribution in [3.63, 3.8) is 0 Å². The van der Waals surface area contributed by atoms with Gasteiger partial charge in [0.25, 0.3) is 5.91 Å². The van der Waals surface area contributed by atoms with Crippen LogP contribution in [-0.4, -0.2) is 17.4 Å². The third-order valence-corrected chi connectivity index (χ3v) is 3.92. The van der Waals surface area contributed by atoms with Crippen molar-refractivity contribution in [2.75, 3.05) is 5.32 Å². The van der Waals surface area contributed by atoms with E-state index in [9.17, 15) is 23.7 Å². The van der Waals surface area contributed by atoms with Crippen LogP contribution >= 0.6 is 0 Å². The van der Waals surface area contributed by atoms with Crippen LogP contribution in [0.1, 0.15) is 21.9 Å². The lowest BCUT2D eigenvalue weighted by atomic mass is 10.2. The zero-order chi connectivity index (χ0) is 21.7. The van der Waals surface area contributed by atoms with Crippen LogP contribution in [0.5, 0.6) is 11.5 Å². The van der Waals surface area contributed by atoms with E-state index < -0.39 is 17.4 Å². The van der Waals surface area contributed by atoms with Crippen molar-refractivity contribution >= 4 is 17.3 Å². The Labute approximate surface area is 169 Å². The number of halogens is 2. The predicted octanol–water partition coefficient (Wildman–Crippen LogP) is 4.93. The van der Waals surface area contributed by atoms with Gasteiger partial charge >= 0.3 is 12.3 Å². The molecule has 1 heterocycles. The maximum absolute atomic E-state index is 12.6. The Morgan fingerprint density at radius 2 is 1.93 bits per heavy atom. The molecule has 1 aromatic heterocycles. The first kappa shape index (κ1) is 20.8. The van der Waals surface area contributed by atoms with E-state index in [4.69, 9.17) is 9.15 Å². The van der Waals surface area contributed by atoms with Crippen LogP contribution in [-0.2, 0) is 6.61 Å². The van der Waals surface area contributed by atoms with Crippen molar-refractivity contribution in [1.82, 2.24) is 0 Å². The van der Waals surface area contributed by atoms with Gasteiger partial charge in [0, 0.05) is 6.07 Å². The minimum atomic E-state index is -3.04. The Kier molecular flexibility index (Phi) is 6.26. The second-order valence-corrected chi connectivity index (χ2v) is 6.11. The maximum atomic E-state index is 12.6. The molecule has 10 heteroatoms. The molecule has 2 aromatic carbocycles. The number of rotatable bonds is 8. The van der Waals surface area contributed by atoms with Crippen LogP contribution in [0.2, 0.25) is 0 Å². The van der Waals surface area contributed by atoms with Gasteiger partial charge < -0.3 is 19.2 Å². The fourth-order valence-electron chi connectivity index (χ4n) is 2.57. The van der Waals surface area contributed by atoms with Gasteiger partial charge in [0.05, 0.1) is 10.6 Å². The zero-order valence-electron chi connectivity index (χ0n) is 15.6. The van der Waals surface area contributed by atoms with Gasteiger partial charge in [-0.25, -0.2) is 0 Å². The summed E-state index contributed by atoms with van der Waals surface area (Å²) in [6, 6.07) is 13.1. The summed E-state index contributed by atoms with van der Waals surface area (Å²) in [5, 5.41) is 13.5. The lowest BCUT2D eigenvalue weighted by Gasteiger charge is -2.12. The average molecular weight is 418 g/mol. The summed E-state index contributed by atoms with van der Waals surface area (Å²) >= 11 is 0. The topological polar surface area (TPSA) is 104 Å². The number of para-hydroxylation sites is 2. The highest BCUT2D eigenvalue weighted by Gasteiger charge is 2.18. The highest BCUT2D eigenvalue weighted by Crippen LogP contribution is 2.29. The number of aryl methyl sites for hydroxylation is 1. The van der Waals surface area contributed by atoms with Crippen molar-refractivity contribution in [1.29, 1.82) is 0 Å². The first-order valence-corrected chi connectivity index (χ1v) is 8.65. The SMILES string of the molecule is Cc1ccc(NC(=O)c2ccc(COc3ccccc3[N+](=O)[O-])o2)c(OC(F)F)c1. The molecular weight excluding hydrogens is 402 g/mol. The number of nitrogens with one attached hydrogen (secondary N) is 1. The molecular formula is C20H16F2N2O6. The number of ether oxygens (including phenoxy) is 2. The average Bonchev–Trinajstić information content (AvgIpc) is 3.17. The highest BCUT2D eigenvalue weighted by molar-refractivity contribution is 6.03. The molecule has 0 saturated carbocycles. The Hall–Kier alpha value is -3.95. The van der Waals surface area contributed by atoms with E-state index in [0.29, 0.717) is 5.56 Å². The quantitative estimate of drug-likeness (QED) is 0.411. The molecule has 0 aliphatic heterocycles. The molecule has 0 radical (unpaired) electrons. The smallest absolute Gasteiger partial charge is 0.387 e. The number of anilines is 1. The predicted molar refractivity (Wildman–Crippen MR) is 102 cm³/mol. The van der Waals surface area contributed by atoms with E-state index in [2.05, 4.69) is 10.1 Å². The molecule has 0 atom stereocenters. The summed E-state index contributed by atoms with van der Waals surface area (Å²) in [6.45, 7) is -1.50. The third kappa shape index (κ3) is 5.10. The van der Waals surface area contributed by atoms with Crippen LogP contribution in [0.15, 0.2) is 59.0 Å². The maximum Gasteiger partial charge on any atom is 0.387 e. The molecule has 0 unspecified atom stereocenters. The number of benzene rings is 2. The summed E-state index contributed by atoms with van der Waals surface area (Å²) in [5.74, 6) is -0.663. The normalized spacial score (nSPS) is 10.7. The molecule has 30 heavy (non-hydrogen) atoms. The molecule has 3 aromatic rings. The minimum absolute atomic E-state index is 0.0540. The minimum Gasteiger partial charge on any atom is -0.479 e. The van der Waals surface area contributed by atoms with Crippen LogP contribution in [0, 0.1) is 17.0 Å². The third-order valence-electron chi connectivity index (χ3n) is 3.92. The van der Waals surface area contributed by atoms with E-state index >= 15 is 0 Å². The van der Waals surface area contributed by atoms with Crippen molar-refractivity contribution in [3.05, 3.63) is 81.8 Å². The van der Waals surface area contributed by atoms with Crippen LogP contribution < -0.4 is 14.8 Å². The Balaban J connectivity index is 1.68. The number of nitro groups is 1. The standard InChI is InChI=1S/C20H16F2N2O6/c1-12-6-8-14(18(10-12)30-20(21)22)23-19(25)17-9-7-13(29-17)11-28-16-5-3-2-4-15(16)24(26)27/h2-10,20H,11H2,1H3,(H,23,25). The molecule has 1 N–H and O–H groups in total. The largest absolute Gasteiger partial charge is 0.479 e. The van der Waals surface area contributed by atoms with Crippen molar-refractivity contribution < 1.29 is 32.4 Å². The zero-order valence-corrected chi connectivity index (χ0v) is 15.6. The van der Waals surface area contributed by atoms with Gasteiger partial charge in [0.2, 0.25) is 0 Å². The fourth-order valence-corrected chi connectivity index (χ4v) is 2.57. The van der Waals surface area contributed by atoms with E-state index in [0.717, 1.165) is 0 Å². The summed E-state index contributed by atoms with van der Waals surface area (Å²) < 4.78 is 40.4. The number of hydrogen-bond acceptors (Lipinski definition) is 6. The number of carbonyl (C=O) groups excluding carboxylic acids is 1. The molecule has 0 aliphatic rings. The van der Waals surface area contributed by atoms with Crippen molar-refractivity contribution in [2.24, 2.45) is 0 Å². The number of carbonyl (C=O) groups is 1. The van der Waals surface area contributed by atoms with E-state index in [1.165, 1.54) is 42.5 Å². The van der Waals surface area contributed by atoms with E-state index in [-0.39, 0.29) is 41.0 Å². The van der Waals surface area contributed by atoms with Gasteiger partial charge in [0.1, 0.15) is 18.1 Å². The van der Waals surface area contributed by atoms with Gasteiger partial charge in [-0.15, -0.1) is 0 Å². The number of nitro benzene ring substituents is 1. The van der Waals surface area contributed by atoms with Crippen LogP contribution in [0.25, 0.3) is 0 Å². The van der Waals surface area contributed by atoms with E-state index in [1.54, 1.807) is 19.1 Å². The molecule has 0 fully saturated rings. The molecule has 8 nitrogen and oxygen atoms in total. The lowest BCUT2D eigenvalue weighted by molar-refractivity contribution is -0.386. The highest BCUT2D eigenvalue weighted by atomic mass is 19.3. The number of alkyl halides is 2. The molecule has 0 saturated heterocycles.